The number of methoxy groups -OCH3 is 1. The number of aliphatic hydroxyl groups excluding tert-OH is 3. The van der Waals surface area contributed by atoms with Crippen molar-refractivity contribution in [1.29, 1.82) is 0 Å². The van der Waals surface area contributed by atoms with E-state index in [1.807, 2.05) is 0 Å². The number of aliphatic hydroxyl groups is 3. The number of nitrogens with zero attached hydrogens (tertiary/aromatic N) is 2. The molecule has 0 spiro atoms. The third-order valence-electron chi connectivity index (χ3n) is 6.24. The van der Waals surface area contributed by atoms with E-state index in [0.717, 1.165) is 5.56 Å². The van der Waals surface area contributed by atoms with Gasteiger partial charge in [0.15, 0.2) is 5.13 Å². The highest BCUT2D eigenvalue weighted by molar-refractivity contribution is 7.15. The first-order valence-electron chi connectivity index (χ1n) is 12.5. The summed E-state index contributed by atoms with van der Waals surface area (Å²) in [7, 11) is 1.55. The van der Waals surface area contributed by atoms with Crippen LogP contribution in [-0.4, -0.2) is 106 Å². The summed E-state index contributed by atoms with van der Waals surface area (Å²) in [6, 6.07) is 5.51. The van der Waals surface area contributed by atoms with E-state index in [0.29, 0.717) is 22.2 Å². The average Bonchev–Trinajstić information content (AvgIpc) is 3.53. The van der Waals surface area contributed by atoms with Crippen LogP contribution in [0.1, 0.15) is 17.4 Å². The molecular weight excluding hydrogens is 544 g/mol. The van der Waals surface area contributed by atoms with Crippen LogP contribution < -0.4 is 26.0 Å². The maximum absolute atomic E-state index is 12.8. The number of carbonyl (C=O) groups excluding carboxylic acids is 4. The molecule has 4 amide bonds. The number of benzene rings is 1. The Balaban J connectivity index is 1.39. The molecule has 218 valence electrons. The molecular formula is C25H34N6O8S. The van der Waals surface area contributed by atoms with Gasteiger partial charge in [-0.25, -0.2) is 4.98 Å². The van der Waals surface area contributed by atoms with Crippen LogP contribution in [0.5, 0.6) is 5.75 Å². The minimum absolute atomic E-state index is 0.0787. The van der Waals surface area contributed by atoms with Crippen LogP contribution >= 0.6 is 11.3 Å². The lowest BCUT2D eigenvalue weighted by atomic mass is 10.0. The minimum atomic E-state index is -1.15. The SMILES string of the molecule is COc1ccc(C[C@@H]2[C@H](O)[C@@H](O)CN2C(=O)CNC(=O)CNC(=O)[C@H](C)NC(=O)CNc2ncc(CO)s2)cc1. The van der Waals surface area contributed by atoms with E-state index in [1.54, 1.807) is 31.4 Å². The minimum Gasteiger partial charge on any atom is -0.497 e. The summed E-state index contributed by atoms with van der Waals surface area (Å²) in [6.45, 7) is 0.270. The zero-order chi connectivity index (χ0) is 29.2. The Hall–Kier alpha value is -3.79. The van der Waals surface area contributed by atoms with Gasteiger partial charge in [0.05, 0.1) is 50.4 Å². The smallest absolute Gasteiger partial charge is 0.242 e. The number of rotatable bonds is 13. The zero-order valence-corrected chi connectivity index (χ0v) is 22.9. The van der Waals surface area contributed by atoms with Crippen LogP contribution in [0.15, 0.2) is 30.5 Å². The molecule has 14 nitrogen and oxygen atoms in total. The molecule has 2 aromatic rings. The third-order valence-corrected chi connectivity index (χ3v) is 7.18. The number of thiazole rings is 1. The van der Waals surface area contributed by atoms with Crippen LogP contribution in [0.3, 0.4) is 0 Å². The Morgan fingerprint density at radius 2 is 1.82 bits per heavy atom. The second-order valence-corrected chi connectivity index (χ2v) is 10.3. The molecule has 7 N–H and O–H groups in total. The van der Waals surface area contributed by atoms with Gasteiger partial charge in [-0.05, 0) is 31.0 Å². The van der Waals surface area contributed by atoms with Gasteiger partial charge >= 0.3 is 0 Å². The van der Waals surface area contributed by atoms with Crippen LogP contribution in [0.25, 0.3) is 0 Å². The molecule has 2 heterocycles. The fourth-order valence-corrected chi connectivity index (χ4v) is 4.71. The first kappa shape index (κ1) is 30.7. The van der Waals surface area contributed by atoms with Crippen molar-refractivity contribution >= 4 is 40.1 Å². The molecule has 0 radical (unpaired) electrons. The molecule has 15 heteroatoms. The molecule has 1 saturated heterocycles. The average molecular weight is 579 g/mol. The number of anilines is 1. The number of β-amino-alcohol motifs (C(OH)–C–C–N with tert-alkyl or cyclic N) is 1. The molecule has 1 aliphatic heterocycles. The van der Waals surface area contributed by atoms with Crippen molar-refractivity contribution in [3.05, 3.63) is 40.9 Å². The van der Waals surface area contributed by atoms with E-state index in [2.05, 4.69) is 26.3 Å². The van der Waals surface area contributed by atoms with E-state index < -0.39 is 54.5 Å². The lowest BCUT2D eigenvalue weighted by Gasteiger charge is -2.26. The molecule has 40 heavy (non-hydrogen) atoms. The third kappa shape index (κ3) is 8.61. The molecule has 1 aliphatic rings. The Labute approximate surface area is 234 Å². The molecule has 0 bridgehead atoms. The lowest BCUT2D eigenvalue weighted by molar-refractivity contribution is -0.134. The number of ether oxygens (including phenoxy) is 1. The number of hydrogen-bond acceptors (Lipinski definition) is 11. The summed E-state index contributed by atoms with van der Waals surface area (Å²) >= 11 is 1.20. The maximum Gasteiger partial charge on any atom is 0.242 e. The summed E-state index contributed by atoms with van der Waals surface area (Å²) in [5.41, 5.74) is 0.833. The second kappa shape index (κ2) is 14.6. The molecule has 1 aromatic carbocycles. The molecule has 0 aliphatic carbocycles. The van der Waals surface area contributed by atoms with Gasteiger partial charge in [-0.15, -0.1) is 0 Å². The Morgan fingerprint density at radius 1 is 1.10 bits per heavy atom. The summed E-state index contributed by atoms with van der Waals surface area (Å²) in [4.78, 5) is 55.4. The topological polar surface area (TPSA) is 202 Å². The van der Waals surface area contributed by atoms with Gasteiger partial charge in [0.25, 0.3) is 0 Å². The molecule has 1 aromatic heterocycles. The summed E-state index contributed by atoms with van der Waals surface area (Å²) < 4.78 is 5.13. The number of amides is 4. The Morgan fingerprint density at radius 3 is 2.48 bits per heavy atom. The van der Waals surface area contributed by atoms with Gasteiger partial charge in [-0.1, -0.05) is 23.5 Å². The quantitative estimate of drug-likeness (QED) is 0.139. The standard InChI is InChI=1S/C25H34N6O8S/c1-14(30-21(35)10-29-25-28-8-17(13-32)40-25)24(38)27-9-20(34)26-11-22(36)31-12-19(33)23(37)18(31)7-15-3-5-16(39-2)6-4-15/h3-6,8,14,18-19,23,32-33,37H,7,9-13H2,1-2H3,(H,26,34)(H,27,38)(H,28,29)(H,30,35)/t14-,18+,19-,23-/m0/s1. The van der Waals surface area contributed by atoms with Gasteiger partial charge in [-0.3, -0.25) is 19.2 Å². The van der Waals surface area contributed by atoms with Crippen molar-refractivity contribution < 1.29 is 39.2 Å². The van der Waals surface area contributed by atoms with Gasteiger partial charge in [0, 0.05) is 12.7 Å². The summed E-state index contributed by atoms with van der Waals surface area (Å²) in [5.74, 6) is -1.53. The summed E-state index contributed by atoms with van der Waals surface area (Å²) in [5, 5.41) is 40.2. The number of likely N-dealkylation sites (tertiary alicyclic amines) is 1. The lowest BCUT2D eigenvalue weighted by Crippen LogP contribution is -2.50. The van der Waals surface area contributed by atoms with E-state index in [9.17, 15) is 29.4 Å². The first-order valence-corrected chi connectivity index (χ1v) is 13.3. The van der Waals surface area contributed by atoms with Crippen LogP contribution in [-0.2, 0) is 32.2 Å². The molecule has 1 fully saturated rings. The number of nitrogens with one attached hydrogen (secondary N) is 4. The largest absolute Gasteiger partial charge is 0.497 e. The second-order valence-electron chi connectivity index (χ2n) is 9.15. The van der Waals surface area contributed by atoms with Gasteiger partial charge in [0.1, 0.15) is 17.9 Å². The van der Waals surface area contributed by atoms with E-state index >= 15 is 0 Å². The fourth-order valence-electron chi connectivity index (χ4n) is 4.04. The van der Waals surface area contributed by atoms with Crippen molar-refractivity contribution in [3.63, 3.8) is 0 Å². The van der Waals surface area contributed by atoms with Crippen molar-refractivity contribution in [2.75, 3.05) is 38.6 Å². The van der Waals surface area contributed by atoms with Crippen molar-refractivity contribution in [1.82, 2.24) is 25.8 Å². The molecule has 4 atom stereocenters. The van der Waals surface area contributed by atoms with Gasteiger partial charge < -0.3 is 46.2 Å². The summed E-state index contributed by atoms with van der Waals surface area (Å²) in [6.07, 6.45) is -0.482. The van der Waals surface area contributed by atoms with Crippen LogP contribution in [0.2, 0.25) is 0 Å². The fraction of sp³-hybridized carbons (Fsp3) is 0.480. The van der Waals surface area contributed by atoms with Crippen LogP contribution in [0, 0.1) is 0 Å². The van der Waals surface area contributed by atoms with E-state index in [-0.39, 0.29) is 26.2 Å². The van der Waals surface area contributed by atoms with E-state index in [4.69, 9.17) is 9.84 Å². The highest BCUT2D eigenvalue weighted by Gasteiger charge is 2.42. The molecule has 0 unspecified atom stereocenters. The predicted molar refractivity (Wildman–Crippen MR) is 144 cm³/mol. The Bertz CT molecular complexity index is 1180. The van der Waals surface area contributed by atoms with Crippen molar-refractivity contribution in [3.8, 4) is 5.75 Å². The number of aromatic nitrogens is 1. The predicted octanol–water partition coefficient (Wildman–Crippen LogP) is -2.03. The first-order chi connectivity index (χ1) is 19.1. The molecule has 3 rings (SSSR count). The monoisotopic (exact) mass is 578 g/mol. The highest BCUT2D eigenvalue weighted by Crippen LogP contribution is 2.23. The Kier molecular flexibility index (Phi) is 11.2. The van der Waals surface area contributed by atoms with Crippen molar-refractivity contribution in [2.24, 2.45) is 0 Å². The normalized spacial score (nSPS) is 19.0. The number of hydrogen-bond donors (Lipinski definition) is 7. The molecule has 0 saturated carbocycles. The van der Waals surface area contributed by atoms with Gasteiger partial charge in [0.2, 0.25) is 23.6 Å². The van der Waals surface area contributed by atoms with Crippen LogP contribution in [0.4, 0.5) is 5.13 Å². The van der Waals surface area contributed by atoms with E-state index in [1.165, 1.54) is 29.4 Å². The highest BCUT2D eigenvalue weighted by atomic mass is 32.1. The zero-order valence-electron chi connectivity index (χ0n) is 22.1. The van der Waals surface area contributed by atoms with Gasteiger partial charge in [-0.2, -0.15) is 0 Å². The van der Waals surface area contributed by atoms with Crippen molar-refractivity contribution in [2.45, 2.75) is 44.2 Å². The maximum atomic E-state index is 12.8. The number of carbonyl (C=O) groups is 4.